The first-order valence-electron chi connectivity index (χ1n) is 8.37. The Hall–Kier alpha value is -2.17. The number of halogens is 3. The van der Waals surface area contributed by atoms with E-state index in [9.17, 15) is 34.2 Å². The molecule has 0 unspecified atom stereocenters. The van der Waals surface area contributed by atoms with Crippen molar-refractivity contribution in [1.29, 1.82) is 0 Å². The number of esters is 1. The summed E-state index contributed by atoms with van der Waals surface area (Å²) in [5.41, 5.74) is -1.90. The molecule has 0 amide bonds. The molecule has 0 N–H and O–H groups in total. The van der Waals surface area contributed by atoms with E-state index in [1.54, 1.807) is 0 Å². The third kappa shape index (κ3) is 6.41. The average molecular weight is 577 g/mol. The van der Waals surface area contributed by atoms with E-state index in [2.05, 4.69) is 0 Å². The first kappa shape index (κ1) is 25.1. The van der Waals surface area contributed by atoms with Gasteiger partial charge >= 0.3 is 5.97 Å². The van der Waals surface area contributed by atoms with Crippen LogP contribution in [0.2, 0.25) is 0 Å². The fourth-order valence-electron chi connectivity index (χ4n) is 2.76. The lowest BCUT2D eigenvalue weighted by Gasteiger charge is -2.27. The lowest BCUT2D eigenvalue weighted by molar-refractivity contribution is -0.394. The maximum atomic E-state index is 14.4. The number of nitro benzene ring substituents is 2. The monoisotopic (exact) mass is 576 g/mol. The van der Waals surface area contributed by atoms with E-state index < -0.39 is 66.6 Å². The summed E-state index contributed by atoms with van der Waals surface area (Å²) in [6.07, 6.45) is -4.08. The summed E-state index contributed by atoms with van der Waals surface area (Å²) in [7, 11) is 0. The van der Waals surface area contributed by atoms with Gasteiger partial charge in [-0.1, -0.05) is 11.6 Å². The van der Waals surface area contributed by atoms with Gasteiger partial charge in [0.15, 0.2) is 11.9 Å². The molecule has 1 aliphatic rings. The largest absolute Gasteiger partial charge is 0.458 e. The van der Waals surface area contributed by atoms with Gasteiger partial charge in [0.1, 0.15) is 18.8 Å². The summed E-state index contributed by atoms with van der Waals surface area (Å²) in [4.78, 5) is 43.3. The SMILES string of the molecule is CC1(C)O[C@@H]([C@@H](COC(=O)c2cc([N+](=O)[O-])cc([N+](=O)[O-])c2)OC=O)[C@@H]([C@](F)(Cl)I)O1. The van der Waals surface area contributed by atoms with Gasteiger partial charge in [-0.25, -0.2) is 9.18 Å². The zero-order valence-corrected chi connectivity index (χ0v) is 18.8. The molecule has 1 fully saturated rings. The normalized spacial score (nSPS) is 22.7. The van der Waals surface area contributed by atoms with Crippen molar-refractivity contribution >= 4 is 58.0 Å². The molecule has 0 aliphatic carbocycles. The van der Waals surface area contributed by atoms with E-state index in [0.29, 0.717) is 6.07 Å². The van der Waals surface area contributed by atoms with Crippen LogP contribution in [0.3, 0.4) is 0 Å². The minimum Gasteiger partial charge on any atom is -0.458 e. The van der Waals surface area contributed by atoms with Gasteiger partial charge in [0, 0.05) is 12.1 Å². The van der Waals surface area contributed by atoms with Gasteiger partial charge in [0.05, 0.1) is 21.5 Å². The van der Waals surface area contributed by atoms with E-state index in [1.165, 1.54) is 36.4 Å². The third-order valence-electron chi connectivity index (χ3n) is 3.99. The highest BCUT2D eigenvalue weighted by Gasteiger charge is 2.55. The van der Waals surface area contributed by atoms with Crippen LogP contribution in [0.4, 0.5) is 15.8 Å². The van der Waals surface area contributed by atoms with Crippen LogP contribution in [0, 0.1) is 20.2 Å². The highest BCUT2D eigenvalue weighted by molar-refractivity contribution is 14.1. The summed E-state index contributed by atoms with van der Waals surface area (Å²) < 4.78 is 32.7. The van der Waals surface area contributed by atoms with Crippen LogP contribution in [-0.2, 0) is 23.7 Å². The first-order chi connectivity index (χ1) is 14.2. The summed E-state index contributed by atoms with van der Waals surface area (Å²) in [5, 5.41) is 21.9. The highest BCUT2D eigenvalue weighted by Crippen LogP contribution is 2.43. The molecular weight excluding hydrogens is 562 g/mol. The summed E-state index contributed by atoms with van der Waals surface area (Å²) >= 11 is 6.95. The predicted molar refractivity (Wildman–Crippen MR) is 109 cm³/mol. The number of alkyl halides is 3. The zero-order valence-electron chi connectivity index (χ0n) is 15.9. The van der Waals surface area contributed by atoms with Crippen LogP contribution < -0.4 is 0 Å². The fourth-order valence-corrected chi connectivity index (χ4v) is 3.41. The molecule has 15 heteroatoms. The Balaban J connectivity index is 2.24. The van der Waals surface area contributed by atoms with Gasteiger partial charge in [0.25, 0.3) is 21.0 Å². The molecule has 1 heterocycles. The fraction of sp³-hybridized carbons (Fsp3) is 0.500. The summed E-state index contributed by atoms with van der Waals surface area (Å²) in [6, 6.07) is 2.23. The van der Waals surface area contributed by atoms with Gasteiger partial charge in [-0.05, 0) is 36.4 Å². The van der Waals surface area contributed by atoms with E-state index in [1.807, 2.05) is 0 Å². The number of carbonyl (C=O) groups is 2. The lowest BCUT2D eigenvalue weighted by Crippen LogP contribution is -2.46. The van der Waals surface area contributed by atoms with Crippen LogP contribution in [0.25, 0.3) is 0 Å². The Morgan fingerprint density at radius 2 is 1.87 bits per heavy atom. The zero-order chi connectivity index (χ0) is 23.6. The van der Waals surface area contributed by atoms with Gasteiger partial charge in [-0.2, -0.15) is 0 Å². The average Bonchev–Trinajstić information content (AvgIpc) is 3.00. The molecule has 0 bridgehead atoms. The Morgan fingerprint density at radius 3 is 2.32 bits per heavy atom. The molecule has 1 aromatic carbocycles. The number of ether oxygens (including phenoxy) is 4. The van der Waals surface area contributed by atoms with Crippen molar-refractivity contribution < 1.29 is 42.8 Å². The van der Waals surface area contributed by atoms with Crippen LogP contribution in [0.1, 0.15) is 24.2 Å². The van der Waals surface area contributed by atoms with Crippen LogP contribution >= 0.6 is 34.2 Å². The number of non-ortho nitro benzene ring substituents is 2. The second-order valence-electron chi connectivity index (χ2n) is 6.68. The van der Waals surface area contributed by atoms with E-state index in [0.717, 1.165) is 12.1 Å². The number of rotatable bonds is 9. The van der Waals surface area contributed by atoms with E-state index in [4.69, 9.17) is 30.5 Å². The van der Waals surface area contributed by atoms with Gasteiger partial charge in [-0.15, -0.1) is 0 Å². The Kier molecular flexibility index (Phi) is 7.72. The summed E-state index contributed by atoms with van der Waals surface area (Å²) in [5.74, 6) is -2.49. The second kappa shape index (κ2) is 9.54. The number of nitro groups is 2. The molecule has 1 aromatic rings. The Bertz CT molecular complexity index is 861. The smallest absolute Gasteiger partial charge is 0.338 e. The Labute approximate surface area is 192 Å². The predicted octanol–water partition coefficient (Wildman–Crippen LogP) is 3.02. The molecular formula is C16H15ClFIN2O10. The Morgan fingerprint density at radius 1 is 1.32 bits per heavy atom. The topological polar surface area (TPSA) is 157 Å². The van der Waals surface area contributed by atoms with Crippen molar-refractivity contribution in [3.05, 3.63) is 44.0 Å². The number of hydrogen-bond acceptors (Lipinski definition) is 10. The quantitative estimate of drug-likeness (QED) is 0.107. The number of benzene rings is 1. The molecule has 0 aromatic heterocycles. The van der Waals surface area contributed by atoms with Gasteiger partial charge < -0.3 is 18.9 Å². The molecule has 0 spiro atoms. The second-order valence-corrected chi connectivity index (χ2v) is 9.44. The maximum Gasteiger partial charge on any atom is 0.338 e. The molecule has 1 aliphatic heterocycles. The minimum atomic E-state index is -2.47. The van der Waals surface area contributed by atoms with Crippen molar-refractivity contribution in [2.45, 2.75) is 41.1 Å². The van der Waals surface area contributed by atoms with Crippen LogP contribution in [-0.4, -0.2) is 56.1 Å². The van der Waals surface area contributed by atoms with Gasteiger partial charge in [-0.3, -0.25) is 25.0 Å². The van der Waals surface area contributed by atoms with Crippen molar-refractivity contribution in [3.8, 4) is 0 Å². The molecule has 12 nitrogen and oxygen atoms in total. The molecule has 170 valence electrons. The van der Waals surface area contributed by atoms with Crippen LogP contribution in [0.15, 0.2) is 18.2 Å². The minimum absolute atomic E-state index is 0.0176. The summed E-state index contributed by atoms with van der Waals surface area (Å²) in [6.45, 7) is 2.26. The standard InChI is InChI=1S/C16H15ClFIN2O10/c1-15(2)30-12(13(31-15)16(17,18)19)11(29-7-22)6-28-14(23)8-3-9(20(24)25)5-10(4-8)21(26)27/h3-5,7,11-13H,6H2,1-2H3/t11-,12+,13+,16-/m1/s1. The van der Waals surface area contributed by atoms with Crippen molar-refractivity contribution in [3.63, 3.8) is 0 Å². The lowest BCUT2D eigenvalue weighted by atomic mass is 10.1. The van der Waals surface area contributed by atoms with E-state index in [-0.39, 0.29) is 6.47 Å². The number of nitrogens with zero attached hydrogens (tertiary/aromatic N) is 2. The molecule has 0 saturated carbocycles. The number of hydrogen-bond donors (Lipinski definition) is 0. The molecule has 31 heavy (non-hydrogen) atoms. The molecule has 4 atom stereocenters. The highest BCUT2D eigenvalue weighted by atomic mass is 127. The van der Waals surface area contributed by atoms with Crippen molar-refractivity contribution in [2.75, 3.05) is 6.61 Å². The molecule has 2 rings (SSSR count). The van der Waals surface area contributed by atoms with E-state index >= 15 is 0 Å². The molecule has 1 saturated heterocycles. The first-order valence-corrected chi connectivity index (χ1v) is 9.83. The third-order valence-corrected chi connectivity index (χ3v) is 4.82. The van der Waals surface area contributed by atoms with Gasteiger partial charge in [0.2, 0.25) is 0 Å². The van der Waals surface area contributed by atoms with Crippen LogP contribution in [0.5, 0.6) is 0 Å². The maximum absolute atomic E-state index is 14.4. The van der Waals surface area contributed by atoms with Crippen molar-refractivity contribution in [1.82, 2.24) is 0 Å². The molecule has 0 radical (unpaired) electrons. The van der Waals surface area contributed by atoms with Crippen molar-refractivity contribution in [2.24, 2.45) is 0 Å². The number of carbonyl (C=O) groups excluding carboxylic acids is 2.